The number of benzene rings is 2. The summed E-state index contributed by atoms with van der Waals surface area (Å²) in [4.78, 5) is 0. The highest BCUT2D eigenvalue weighted by atomic mass is 16.5. The van der Waals surface area contributed by atoms with Crippen LogP contribution < -0.4 is 14.2 Å². The summed E-state index contributed by atoms with van der Waals surface area (Å²) in [7, 11) is 4.78. The lowest BCUT2D eigenvalue weighted by atomic mass is 10.0. The molecule has 0 amide bonds. The van der Waals surface area contributed by atoms with Crippen molar-refractivity contribution in [3.8, 4) is 34.1 Å². The molecule has 2 aromatic carbocycles. The van der Waals surface area contributed by atoms with Gasteiger partial charge in [-0.2, -0.15) is 0 Å². The lowest BCUT2D eigenvalue weighted by molar-refractivity contribution is 0.394. The molecule has 0 atom stereocenters. The zero-order chi connectivity index (χ0) is 13.8. The molecule has 0 bridgehead atoms. The van der Waals surface area contributed by atoms with Gasteiger partial charge in [0.2, 0.25) is 0 Å². The van der Waals surface area contributed by atoms with E-state index in [0.29, 0.717) is 17.2 Å². The van der Waals surface area contributed by atoms with E-state index in [0.717, 1.165) is 11.1 Å². The molecule has 0 saturated carbocycles. The largest absolute Gasteiger partial charge is 0.508 e. The van der Waals surface area contributed by atoms with Gasteiger partial charge in [0.1, 0.15) is 23.0 Å². The number of hydrogen-bond acceptors (Lipinski definition) is 4. The second-order valence-corrected chi connectivity index (χ2v) is 3.95. The molecule has 1 N–H and O–H groups in total. The van der Waals surface area contributed by atoms with Gasteiger partial charge >= 0.3 is 0 Å². The van der Waals surface area contributed by atoms with Crippen molar-refractivity contribution >= 4 is 0 Å². The Labute approximate surface area is 112 Å². The molecule has 0 aliphatic rings. The monoisotopic (exact) mass is 260 g/mol. The van der Waals surface area contributed by atoms with E-state index in [1.807, 2.05) is 12.1 Å². The average molecular weight is 260 g/mol. The first-order chi connectivity index (χ1) is 9.19. The standard InChI is InChI=1S/C15H16O4/c1-17-11-5-6-12(15(9-11)19-3)13-8-10(16)4-7-14(13)18-2/h4-9,16H,1-3H3. The Morgan fingerprint density at radius 1 is 0.737 bits per heavy atom. The van der Waals surface area contributed by atoms with Crippen LogP contribution >= 0.6 is 0 Å². The molecule has 0 heterocycles. The fourth-order valence-corrected chi connectivity index (χ4v) is 1.93. The smallest absolute Gasteiger partial charge is 0.130 e. The number of aromatic hydroxyl groups is 1. The van der Waals surface area contributed by atoms with Gasteiger partial charge in [0.25, 0.3) is 0 Å². The molecule has 4 nitrogen and oxygen atoms in total. The van der Waals surface area contributed by atoms with Gasteiger partial charge in [-0.25, -0.2) is 0 Å². The van der Waals surface area contributed by atoms with Crippen molar-refractivity contribution in [2.24, 2.45) is 0 Å². The van der Waals surface area contributed by atoms with Crippen LogP contribution in [0.15, 0.2) is 36.4 Å². The van der Waals surface area contributed by atoms with E-state index in [9.17, 15) is 5.11 Å². The minimum absolute atomic E-state index is 0.175. The van der Waals surface area contributed by atoms with E-state index in [-0.39, 0.29) is 5.75 Å². The number of methoxy groups -OCH3 is 3. The maximum absolute atomic E-state index is 9.64. The molecule has 100 valence electrons. The van der Waals surface area contributed by atoms with Gasteiger partial charge < -0.3 is 19.3 Å². The van der Waals surface area contributed by atoms with E-state index >= 15 is 0 Å². The maximum Gasteiger partial charge on any atom is 0.130 e. The first kappa shape index (κ1) is 13.1. The second-order valence-electron chi connectivity index (χ2n) is 3.95. The number of phenols is 1. The molecule has 0 spiro atoms. The predicted molar refractivity (Wildman–Crippen MR) is 73.2 cm³/mol. The number of ether oxygens (including phenoxy) is 3. The first-order valence-corrected chi connectivity index (χ1v) is 5.79. The molecule has 0 aromatic heterocycles. The zero-order valence-electron chi connectivity index (χ0n) is 11.1. The van der Waals surface area contributed by atoms with Crippen molar-refractivity contribution < 1.29 is 19.3 Å². The topological polar surface area (TPSA) is 47.9 Å². The number of phenolic OH excluding ortho intramolecular Hbond substituents is 1. The lowest BCUT2D eigenvalue weighted by Crippen LogP contribution is -1.93. The number of hydrogen-bond donors (Lipinski definition) is 1. The van der Waals surface area contributed by atoms with Crippen LogP contribution in [0.1, 0.15) is 0 Å². The van der Waals surface area contributed by atoms with Crippen molar-refractivity contribution in [3.63, 3.8) is 0 Å². The van der Waals surface area contributed by atoms with Crippen molar-refractivity contribution in [2.45, 2.75) is 0 Å². The highest BCUT2D eigenvalue weighted by Gasteiger charge is 2.13. The summed E-state index contributed by atoms with van der Waals surface area (Å²) in [5, 5.41) is 9.64. The van der Waals surface area contributed by atoms with Crippen LogP contribution in [0.25, 0.3) is 11.1 Å². The Morgan fingerprint density at radius 2 is 1.47 bits per heavy atom. The highest BCUT2D eigenvalue weighted by molar-refractivity contribution is 5.77. The molecule has 0 saturated heterocycles. The molecule has 0 fully saturated rings. The van der Waals surface area contributed by atoms with Crippen LogP contribution in [0.3, 0.4) is 0 Å². The van der Waals surface area contributed by atoms with Gasteiger partial charge in [-0.05, 0) is 30.3 Å². The fraction of sp³-hybridized carbons (Fsp3) is 0.200. The van der Waals surface area contributed by atoms with Crippen LogP contribution in [-0.4, -0.2) is 26.4 Å². The van der Waals surface area contributed by atoms with Crippen molar-refractivity contribution in [2.75, 3.05) is 21.3 Å². The van der Waals surface area contributed by atoms with Gasteiger partial charge in [0.05, 0.1) is 21.3 Å². The van der Waals surface area contributed by atoms with Gasteiger partial charge in [0.15, 0.2) is 0 Å². The van der Waals surface area contributed by atoms with Crippen LogP contribution in [-0.2, 0) is 0 Å². The Balaban J connectivity index is 2.60. The summed E-state index contributed by atoms with van der Waals surface area (Å²) < 4.78 is 15.8. The second kappa shape index (κ2) is 5.52. The quantitative estimate of drug-likeness (QED) is 0.917. The first-order valence-electron chi connectivity index (χ1n) is 5.79. The van der Waals surface area contributed by atoms with Crippen molar-refractivity contribution in [1.29, 1.82) is 0 Å². The highest BCUT2D eigenvalue weighted by Crippen LogP contribution is 2.39. The van der Waals surface area contributed by atoms with Crippen molar-refractivity contribution in [1.82, 2.24) is 0 Å². The summed E-state index contributed by atoms with van der Waals surface area (Å²) in [5.41, 5.74) is 1.60. The van der Waals surface area contributed by atoms with Crippen LogP contribution in [0.5, 0.6) is 23.0 Å². The summed E-state index contributed by atoms with van der Waals surface area (Å²) in [6, 6.07) is 10.4. The molecular weight excluding hydrogens is 244 g/mol. The Morgan fingerprint density at radius 3 is 2.11 bits per heavy atom. The van der Waals surface area contributed by atoms with Gasteiger partial charge in [0, 0.05) is 17.2 Å². The third-order valence-electron chi connectivity index (χ3n) is 2.88. The lowest BCUT2D eigenvalue weighted by Gasteiger charge is -2.13. The molecule has 4 heteroatoms. The average Bonchev–Trinajstić information content (AvgIpc) is 2.46. The van der Waals surface area contributed by atoms with Crippen LogP contribution in [0.2, 0.25) is 0 Å². The zero-order valence-corrected chi connectivity index (χ0v) is 11.1. The molecule has 0 aliphatic heterocycles. The molecule has 0 aliphatic carbocycles. The van der Waals surface area contributed by atoms with Gasteiger partial charge in [-0.1, -0.05) is 0 Å². The minimum Gasteiger partial charge on any atom is -0.508 e. The molecule has 2 rings (SSSR count). The molecule has 19 heavy (non-hydrogen) atoms. The third-order valence-corrected chi connectivity index (χ3v) is 2.88. The van der Waals surface area contributed by atoms with E-state index in [1.165, 1.54) is 0 Å². The molecule has 2 aromatic rings. The summed E-state index contributed by atoms with van der Waals surface area (Å²) in [6.45, 7) is 0. The Kier molecular flexibility index (Phi) is 3.80. The van der Waals surface area contributed by atoms with Gasteiger partial charge in [-0.15, -0.1) is 0 Å². The SMILES string of the molecule is COc1ccc(-c2cc(O)ccc2OC)c(OC)c1. The summed E-state index contributed by atoms with van der Waals surface area (Å²) in [6.07, 6.45) is 0. The summed E-state index contributed by atoms with van der Waals surface area (Å²) in [5.74, 6) is 2.21. The fourth-order valence-electron chi connectivity index (χ4n) is 1.93. The van der Waals surface area contributed by atoms with E-state index in [2.05, 4.69) is 0 Å². The minimum atomic E-state index is 0.175. The van der Waals surface area contributed by atoms with Crippen LogP contribution in [0, 0.1) is 0 Å². The molecular formula is C15H16O4. The Bertz CT molecular complexity index is 578. The van der Waals surface area contributed by atoms with Crippen molar-refractivity contribution in [3.05, 3.63) is 36.4 Å². The molecule has 0 unspecified atom stereocenters. The normalized spacial score (nSPS) is 10.1. The number of rotatable bonds is 4. The summed E-state index contributed by atoms with van der Waals surface area (Å²) >= 11 is 0. The third kappa shape index (κ3) is 2.57. The van der Waals surface area contributed by atoms with E-state index in [4.69, 9.17) is 14.2 Å². The van der Waals surface area contributed by atoms with Crippen LogP contribution in [0.4, 0.5) is 0 Å². The van der Waals surface area contributed by atoms with E-state index < -0.39 is 0 Å². The van der Waals surface area contributed by atoms with Gasteiger partial charge in [-0.3, -0.25) is 0 Å². The maximum atomic E-state index is 9.64. The van der Waals surface area contributed by atoms with E-state index in [1.54, 1.807) is 45.6 Å². The Hall–Kier alpha value is -2.36. The predicted octanol–water partition coefficient (Wildman–Crippen LogP) is 3.09. The molecule has 0 radical (unpaired) electrons.